The zero-order chi connectivity index (χ0) is 18.9. The summed E-state index contributed by atoms with van der Waals surface area (Å²) in [5.74, 6) is 1.64. The molecule has 1 atom stereocenters. The average molecular weight is 359 g/mol. The van der Waals surface area contributed by atoms with Gasteiger partial charge < -0.3 is 19.5 Å². The number of nitrogens with zero attached hydrogens (tertiary/aromatic N) is 2. The number of amides is 1. The third-order valence-corrected chi connectivity index (χ3v) is 3.83. The van der Waals surface area contributed by atoms with Crippen molar-refractivity contribution in [3.8, 4) is 11.5 Å². The monoisotopic (exact) mass is 359 g/mol. The van der Waals surface area contributed by atoms with Crippen LogP contribution in [0.25, 0.3) is 0 Å². The number of rotatable bonds is 10. The molecule has 26 heavy (non-hydrogen) atoms. The summed E-state index contributed by atoms with van der Waals surface area (Å²) in [6.45, 7) is 6.22. The van der Waals surface area contributed by atoms with Crippen molar-refractivity contribution in [1.82, 2.24) is 9.78 Å². The lowest BCUT2D eigenvalue weighted by Gasteiger charge is -2.16. The van der Waals surface area contributed by atoms with Gasteiger partial charge in [-0.05, 0) is 19.4 Å². The number of methoxy groups -OCH3 is 2. The first-order valence-electron chi connectivity index (χ1n) is 8.35. The number of anilines is 1. The van der Waals surface area contributed by atoms with Crippen molar-refractivity contribution in [2.24, 2.45) is 0 Å². The van der Waals surface area contributed by atoms with Gasteiger partial charge in [-0.15, -0.1) is 6.58 Å². The molecule has 7 nitrogen and oxygen atoms in total. The average Bonchev–Trinajstić information content (AvgIpc) is 3.08. The molecule has 2 aromatic rings. The van der Waals surface area contributed by atoms with Gasteiger partial charge in [0.25, 0.3) is 5.91 Å². The highest BCUT2D eigenvalue weighted by atomic mass is 16.5. The Hall–Kier alpha value is -2.80. The van der Waals surface area contributed by atoms with Crippen LogP contribution in [0.5, 0.6) is 11.5 Å². The van der Waals surface area contributed by atoms with Crippen LogP contribution < -0.4 is 14.8 Å². The van der Waals surface area contributed by atoms with Gasteiger partial charge in [0.05, 0.1) is 33.6 Å². The van der Waals surface area contributed by atoms with Gasteiger partial charge >= 0.3 is 0 Å². The highest BCUT2D eigenvalue weighted by Gasteiger charge is 2.17. The summed E-state index contributed by atoms with van der Waals surface area (Å²) < 4.78 is 17.9. The van der Waals surface area contributed by atoms with Crippen molar-refractivity contribution in [2.45, 2.75) is 26.0 Å². The molecule has 1 amide bonds. The van der Waals surface area contributed by atoms with Crippen LogP contribution in [-0.4, -0.2) is 42.6 Å². The molecule has 1 aromatic carbocycles. The molecule has 2 rings (SSSR count). The normalized spacial score (nSPS) is 11.7. The highest BCUT2D eigenvalue weighted by molar-refractivity contribution is 5.93. The zero-order valence-corrected chi connectivity index (χ0v) is 15.4. The molecule has 1 aromatic heterocycles. The maximum absolute atomic E-state index is 12.3. The number of hydrogen-bond donors (Lipinski definition) is 1. The number of hydrogen-bond acceptors (Lipinski definition) is 5. The number of carbonyl (C=O) groups is 1. The van der Waals surface area contributed by atoms with Gasteiger partial charge in [0.15, 0.2) is 11.5 Å². The summed E-state index contributed by atoms with van der Waals surface area (Å²) in [6, 6.07) is 7.38. The minimum atomic E-state index is -0.565. The Morgan fingerprint density at radius 1 is 1.35 bits per heavy atom. The Balaban J connectivity index is 2.09. The first-order valence-corrected chi connectivity index (χ1v) is 8.35. The van der Waals surface area contributed by atoms with Gasteiger partial charge in [0.1, 0.15) is 11.9 Å². The lowest BCUT2D eigenvalue weighted by molar-refractivity contribution is -0.126. The van der Waals surface area contributed by atoms with Crippen LogP contribution in [0.3, 0.4) is 0 Å². The standard InChI is InChI=1S/C19H25N3O4/c1-5-6-12-26-14(2)19(23)21-17-10-11-20-22(17)13-15-8-7-9-16(24-3)18(15)25-4/h5,7-11,14H,1,6,12-13H2,2-4H3,(H,21,23). The van der Waals surface area contributed by atoms with Gasteiger partial charge in [-0.3, -0.25) is 4.79 Å². The topological polar surface area (TPSA) is 74.6 Å². The SMILES string of the molecule is C=CCCOC(C)C(=O)Nc1ccnn1Cc1cccc(OC)c1OC. The first-order chi connectivity index (χ1) is 12.6. The van der Waals surface area contributed by atoms with Gasteiger partial charge in [0.2, 0.25) is 0 Å². The maximum Gasteiger partial charge on any atom is 0.254 e. The molecular formula is C19H25N3O4. The van der Waals surface area contributed by atoms with Crippen molar-refractivity contribution in [3.05, 3.63) is 48.7 Å². The predicted molar refractivity (Wildman–Crippen MR) is 99.7 cm³/mol. The third kappa shape index (κ3) is 4.86. The second kappa shape index (κ2) is 9.62. The Morgan fingerprint density at radius 2 is 2.15 bits per heavy atom. The largest absolute Gasteiger partial charge is 0.493 e. The molecule has 0 aliphatic carbocycles. The van der Waals surface area contributed by atoms with Crippen molar-refractivity contribution in [1.29, 1.82) is 0 Å². The molecule has 0 bridgehead atoms. The number of nitrogens with one attached hydrogen (secondary N) is 1. The van der Waals surface area contributed by atoms with E-state index in [1.165, 1.54) is 0 Å². The molecule has 7 heteroatoms. The minimum absolute atomic E-state index is 0.228. The summed E-state index contributed by atoms with van der Waals surface area (Å²) in [5, 5.41) is 7.12. The van der Waals surface area contributed by atoms with E-state index in [4.69, 9.17) is 14.2 Å². The third-order valence-electron chi connectivity index (χ3n) is 3.83. The number of aromatic nitrogens is 2. The van der Waals surface area contributed by atoms with E-state index in [1.807, 2.05) is 18.2 Å². The van der Waals surface area contributed by atoms with E-state index in [-0.39, 0.29) is 5.91 Å². The Labute approximate surface area is 153 Å². The molecule has 1 unspecified atom stereocenters. The molecule has 0 radical (unpaired) electrons. The molecule has 140 valence electrons. The summed E-state index contributed by atoms with van der Waals surface area (Å²) in [6.07, 6.45) is 3.52. The highest BCUT2D eigenvalue weighted by Crippen LogP contribution is 2.31. The molecule has 0 saturated heterocycles. The fourth-order valence-corrected chi connectivity index (χ4v) is 2.44. The van der Waals surface area contributed by atoms with Crippen LogP contribution in [0, 0.1) is 0 Å². The Bertz CT molecular complexity index is 742. The molecule has 1 N–H and O–H groups in total. The minimum Gasteiger partial charge on any atom is -0.493 e. The second-order valence-corrected chi connectivity index (χ2v) is 5.61. The maximum atomic E-state index is 12.3. The van der Waals surface area contributed by atoms with E-state index >= 15 is 0 Å². The summed E-state index contributed by atoms with van der Waals surface area (Å²) in [5.41, 5.74) is 0.890. The van der Waals surface area contributed by atoms with E-state index in [2.05, 4.69) is 17.0 Å². The summed E-state index contributed by atoms with van der Waals surface area (Å²) >= 11 is 0. The van der Waals surface area contributed by atoms with Gasteiger partial charge in [-0.1, -0.05) is 18.2 Å². The fourth-order valence-electron chi connectivity index (χ4n) is 2.44. The quantitative estimate of drug-likeness (QED) is 0.521. The predicted octanol–water partition coefficient (Wildman–Crippen LogP) is 2.87. The summed E-state index contributed by atoms with van der Waals surface area (Å²) in [4.78, 5) is 12.3. The van der Waals surface area contributed by atoms with Crippen LogP contribution >= 0.6 is 0 Å². The van der Waals surface area contributed by atoms with Gasteiger partial charge in [0, 0.05) is 11.6 Å². The number of benzene rings is 1. The molecule has 0 saturated carbocycles. The van der Waals surface area contributed by atoms with Crippen molar-refractivity contribution in [2.75, 3.05) is 26.1 Å². The van der Waals surface area contributed by atoms with Crippen LogP contribution in [0.1, 0.15) is 18.9 Å². The second-order valence-electron chi connectivity index (χ2n) is 5.61. The van der Waals surface area contributed by atoms with Gasteiger partial charge in [-0.25, -0.2) is 4.68 Å². The lowest BCUT2D eigenvalue weighted by Crippen LogP contribution is -2.29. The van der Waals surface area contributed by atoms with E-state index in [1.54, 1.807) is 44.2 Å². The van der Waals surface area contributed by atoms with Crippen molar-refractivity contribution < 1.29 is 19.0 Å². The molecule has 0 fully saturated rings. The Morgan fingerprint density at radius 3 is 2.85 bits per heavy atom. The summed E-state index contributed by atoms with van der Waals surface area (Å²) in [7, 11) is 3.18. The van der Waals surface area contributed by atoms with Crippen molar-refractivity contribution in [3.63, 3.8) is 0 Å². The van der Waals surface area contributed by atoms with Crippen LogP contribution in [0.4, 0.5) is 5.82 Å². The van der Waals surface area contributed by atoms with Crippen LogP contribution in [-0.2, 0) is 16.1 Å². The number of para-hydroxylation sites is 1. The van der Waals surface area contributed by atoms with E-state index in [0.717, 1.165) is 5.56 Å². The number of carbonyl (C=O) groups excluding carboxylic acids is 1. The Kier molecular flexibility index (Phi) is 7.23. The van der Waals surface area contributed by atoms with Crippen LogP contribution in [0.2, 0.25) is 0 Å². The smallest absolute Gasteiger partial charge is 0.254 e. The first kappa shape index (κ1) is 19.5. The molecular weight excluding hydrogens is 334 g/mol. The fraction of sp³-hybridized carbons (Fsp3) is 0.368. The van der Waals surface area contributed by atoms with Crippen LogP contribution in [0.15, 0.2) is 43.1 Å². The molecule has 0 spiro atoms. The molecule has 1 heterocycles. The lowest BCUT2D eigenvalue weighted by atomic mass is 10.2. The zero-order valence-electron chi connectivity index (χ0n) is 15.4. The van der Waals surface area contributed by atoms with Crippen molar-refractivity contribution >= 4 is 11.7 Å². The van der Waals surface area contributed by atoms with E-state index < -0.39 is 6.10 Å². The number of ether oxygens (including phenoxy) is 3. The van der Waals surface area contributed by atoms with E-state index in [0.29, 0.717) is 36.9 Å². The van der Waals surface area contributed by atoms with E-state index in [9.17, 15) is 4.79 Å². The molecule has 0 aliphatic rings. The van der Waals surface area contributed by atoms with Gasteiger partial charge in [-0.2, -0.15) is 5.10 Å². The molecule has 0 aliphatic heterocycles.